The van der Waals surface area contributed by atoms with Crippen molar-refractivity contribution < 1.29 is 0 Å². The highest BCUT2D eigenvalue weighted by Crippen LogP contribution is 2.68. The van der Waals surface area contributed by atoms with E-state index in [1.807, 2.05) is 0 Å². The smallest absolute Gasteiger partial charge is 0.0219 e. The Labute approximate surface area is 87.2 Å². The lowest BCUT2D eigenvalue weighted by atomic mass is 10.2. The summed E-state index contributed by atoms with van der Waals surface area (Å²) in [6, 6.07) is 10.7. The Bertz CT molecular complexity index is 327. The van der Waals surface area contributed by atoms with Crippen LogP contribution < -0.4 is 0 Å². The van der Waals surface area contributed by atoms with Crippen LogP contribution in [0.15, 0.2) is 36.1 Å². The molecule has 0 unspecified atom stereocenters. The summed E-state index contributed by atoms with van der Waals surface area (Å²) in [7, 11) is -0.0288. The fourth-order valence-corrected chi connectivity index (χ4v) is 3.63. The van der Waals surface area contributed by atoms with Crippen LogP contribution in [0.3, 0.4) is 0 Å². The van der Waals surface area contributed by atoms with Crippen molar-refractivity contribution in [3.8, 4) is 0 Å². The van der Waals surface area contributed by atoms with E-state index in [1.165, 1.54) is 5.56 Å². The van der Waals surface area contributed by atoms with Gasteiger partial charge in [-0.3, -0.25) is 4.67 Å². The zero-order valence-electron chi connectivity index (χ0n) is 8.77. The van der Waals surface area contributed by atoms with E-state index in [1.54, 1.807) is 5.31 Å². The van der Waals surface area contributed by atoms with Gasteiger partial charge in [0.05, 0.1) is 0 Å². The van der Waals surface area contributed by atoms with Crippen LogP contribution in [0.4, 0.5) is 0 Å². The topological polar surface area (TPSA) is 3.24 Å². The minimum Gasteiger partial charge on any atom is -0.276 e. The summed E-state index contributed by atoms with van der Waals surface area (Å²) in [5, 5.41) is 1.56. The lowest BCUT2D eigenvalue weighted by Gasteiger charge is -2.18. The third-order valence-corrected chi connectivity index (χ3v) is 4.81. The molecule has 0 N–H and O–H groups in total. The minimum atomic E-state index is -0.0288. The molecular weight excluding hydrogens is 189 g/mol. The predicted molar refractivity (Wildman–Crippen MR) is 64.3 cm³/mol. The molecule has 0 aliphatic carbocycles. The second kappa shape index (κ2) is 4.25. The Morgan fingerprint density at radius 2 is 1.71 bits per heavy atom. The van der Waals surface area contributed by atoms with E-state index in [2.05, 4.69) is 54.7 Å². The number of hydrogen-bond acceptors (Lipinski definition) is 1. The number of hydrogen-bond donors (Lipinski definition) is 0. The first-order chi connectivity index (χ1) is 6.86. The average molecular weight is 205 g/mol. The van der Waals surface area contributed by atoms with Crippen molar-refractivity contribution in [2.45, 2.75) is 13.8 Å². The second-order valence-electron chi connectivity index (χ2n) is 3.36. The normalized spacial score (nSPS) is 19.6. The van der Waals surface area contributed by atoms with Gasteiger partial charge in [0.2, 0.25) is 0 Å². The molecule has 0 fully saturated rings. The van der Waals surface area contributed by atoms with Crippen LogP contribution in [0.2, 0.25) is 0 Å². The zero-order chi connectivity index (χ0) is 9.97. The van der Waals surface area contributed by atoms with Gasteiger partial charge in [0.25, 0.3) is 0 Å². The van der Waals surface area contributed by atoms with Gasteiger partial charge < -0.3 is 0 Å². The van der Waals surface area contributed by atoms with Crippen LogP contribution in [0.5, 0.6) is 0 Å². The molecule has 0 aromatic heterocycles. The Balaban J connectivity index is 2.02. The van der Waals surface area contributed by atoms with Crippen molar-refractivity contribution in [3.63, 3.8) is 0 Å². The third-order valence-electron chi connectivity index (χ3n) is 2.53. The molecule has 1 aromatic carbocycles. The third kappa shape index (κ3) is 1.89. The molecule has 0 saturated carbocycles. The van der Waals surface area contributed by atoms with Crippen molar-refractivity contribution in [3.05, 3.63) is 41.7 Å². The maximum absolute atomic E-state index is 2.54. The van der Waals surface area contributed by atoms with Crippen molar-refractivity contribution in [1.29, 1.82) is 0 Å². The summed E-state index contributed by atoms with van der Waals surface area (Å²) in [6.45, 7) is 6.80. The van der Waals surface area contributed by atoms with Gasteiger partial charge in [-0.2, -0.15) is 0 Å². The SMILES string of the molecule is CCN(CC)[P@@]1C=C1c1ccccc1. The molecule has 2 heteroatoms. The predicted octanol–water partition coefficient (Wildman–Crippen LogP) is 3.74. The summed E-state index contributed by atoms with van der Waals surface area (Å²) < 4.78 is 2.54. The standard InChI is InChI=1S/C12H16NP/c1-3-13(4-2)14-10-12(14)11-8-6-5-7-9-11/h5-10H,3-4H2,1-2H3/t14-/m0/s1. The Kier molecular flexibility index (Phi) is 3.00. The van der Waals surface area contributed by atoms with E-state index in [4.69, 9.17) is 0 Å². The lowest BCUT2D eigenvalue weighted by Crippen LogP contribution is -2.12. The van der Waals surface area contributed by atoms with Gasteiger partial charge in [-0.25, -0.2) is 0 Å². The number of nitrogens with zero attached hydrogens (tertiary/aromatic N) is 1. The molecule has 14 heavy (non-hydrogen) atoms. The first-order valence-electron chi connectivity index (χ1n) is 5.18. The van der Waals surface area contributed by atoms with Crippen molar-refractivity contribution in [2.75, 3.05) is 13.1 Å². The Morgan fingerprint density at radius 1 is 1.07 bits per heavy atom. The lowest BCUT2D eigenvalue weighted by molar-refractivity contribution is 0.517. The maximum Gasteiger partial charge on any atom is 0.0219 e. The van der Waals surface area contributed by atoms with E-state index in [0.29, 0.717) is 0 Å². The van der Waals surface area contributed by atoms with Crippen LogP contribution in [0, 0.1) is 0 Å². The molecule has 0 radical (unpaired) electrons. The summed E-state index contributed by atoms with van der Waals surface area (Å²) >= 11 is 0. The van der Waals surface area contributed by atoms with Crippen LogP contribution in [-0.2, 0) is 0 Å². The quantitative estimate of drug-likeness (QED) is 0.677. The molecule has 1 aliphatic heterocycles. The van der Waals surface area contributed by atoms with Gasteiger partial charge >= 0.3 is 0 Å². The molecule has 74 valence electrons. The Morgan fingerprint density at radius 3 is 2.29 bits per heavy atom. The average Bonchev–Trinajstić information content (AvgIpc) is 3.01. The first-order valence-corrected chi connectivity index (χ1v) is 6.54. The van der Waals surface area contributed by atoms with E-state index in [0.717, 1.165) is 13.1 Å². The van der Waals surface area contributed by atoms with Gasteiger partial charge in [-0.1, -0.05) is 44.2 Å². The van der Waals surface area contributed by atoms with Crippen LogP contribution in [-0.4, -0.2) is 17.8 Å². The fraction of sp³-hybridized carbons (Fsp3) is 0.333. The van der Waals surface area contributed by atoms with Crippen molar-refractivity contribution in [1.82, 2.24) is 4.67 Å². The van der Waals surface area contributed by atoms with Crippen molar-refractivity contribution >= 4 is 13.4 Å². The molecule has 0 saturated heterocycles. The van der Waals surface area contributed by atoms with Gasteiger partial charge in [0.1, 0.15) is 0 Å². The summed E-state index contributed by atoms with van der Waals surface area (Å²) in [5.74, 6) is 2.41. The Hall–Kier alpha value is -0.650. The second-order valence-corrected chi connectivity index (χ2v) is 5.36. The molecule has 1 nitrogen and oxygen atoms in total. The monoisotopic (exact) mass is 205 g/mol. The molecular formula is C12H16NP. The summed E-state index contributed by atoms with van der Waals surface area (Å²) in [4.78, 5) is 0. The molecule has 0 bridgehead atoms. The molecule has 1 aliphatic rings. The maximum atomic E-state index is 2.54. The highest BCUT2D eigenvalue weighted by molar-refractivity contribution is 7.78. The van der Waals surface area contributed by atoms with Gasteiger partial charge in [0, 0.05) is 13.4 Å². The van der Waals surface area contributed by atoms with Crippen LogP contribution in [0.1, 0.15) is 19.4 Å². The summed E-state index contributed by atoms with van der Waals surface area (Å²) in [5.41, 5.74) is 1.41. The minimum absolute atomic E-state index is 0.0288. The van der Waals surface area contributed by atoms with E-state index in [-0.39, 0.29) is 8.07 Å². The van der Waals surface area contributed by atoms with E-state index in [9.17, 15) is 0 Å². The molecule has 0 spiro atoms. The highest BCUT2D eigenvalue weighted by Gasteiger charge is 2.30. The van der Waals surface area contributed by atoms with Gasteiger partial charge in [0.15, 0.2) is 0 Å². The number of rotatable bonds is 4. The van der Waals surface area contributed by atoms with Crippen LogP contribution >= 0.6 is 8.07 Å². The fourth-order valence-electron chi connectivity index (χ4n) is 1.67. The molecule has 1 atom stereocenters. The van der Waals surface area contributed by atoms with E-state index < -0.39 is 0 Å². The van der Waals surface area contributed by atoms with Crippen LogP contribution in [0.25, 0.3) is 5.31 Å². The summed E-state index contributed by atoms with van der Waals surface area (Å²) in [6.07, 6.45) is 0. The highest BCUT2D eigenvalue weighted by atomic mass is 31.1. The molecule has 0 amide bonds. The first kappa shape index (κ1) is 9.89. The van der Waals surface area contributed by atoms with Gasteiger partial charge in [-0.15, -0.1) is 0 Å². The zero-order valence-corrected chi connectivity index (χ0v) is 9.67. The van der Waals surface area contributed by atoms with E-state index >= 15 is 0 Å². The number of benzene rings is 1. The van der Waals surface area contributed by atoms with Crippen molar-refractivity contribution in [2.24, 2.45) is 0 Å². The largest absolute Gasteiger partial charge is 0.276 e. The molecule has 1 aromatic rings. The molecule has 2 rings (SSSR count). The molecule has 1 heterocycles. The van der Waals surface area contributed by atoms with Gasteiger partial charge in [-0.05, 0) is 24.5 Å².